The molecule has 3 atom stereocenters. The Balaban J connectivity index is 1.83. The van der Waals surface area contributed by atoms with Crippen LogP contribution in [0.25, 0.3) is 0 Å². The van der Waals surface area contributed by atoms with Crippen molar-refractivity contribution in [3.8, 4) is 0 Å². The summed E-state index contributed by atoms with van der Waals surface area (Å²) in [7, 11) is -1.69. The fourth-order valence-corrected chi connectivity index (χ4v) is 4.00. The van der Waals surface area contributed by atoms with Crippen molar-refractivity contribution < 1.29 is 22.7 Å². The number of aliphatic hydroxyl groups excluding tert-OH is 1. The van der Waals surface area contributed by atoms with Gasteiger partial charge in [0.15, 0.2) is 0 Å². The molecule has 150 valence electrons. The van der Waals surface area contributed by atoms with Crippen molar-refractivity contribution in [2.75, 3.05) is 29.9 Å². The first-order chi connectivity index (χ1) is 13.2. The van der Waals surface area contributed by atoms with Crippen LogP contribution in [0.2, 0.25) is 0 Å². The van der Waals surface area contributed by atoms with E-state index in [1.807, 2.05) is 0 Å². The van der Waals surface area contributed by atoms with Gasteiger partial charge in [-0.2, -0.15) is 0 Å². The fourth-order valence-electron chi connectivity index (χ4n) is 3.44. The highest BCUT2D eigenvalue weighted by Crippen LogP contribution is 2.37. The van der Waals surface area contributed by atoms with E-state index in [-0.39, 0.29) is 11.6 Å². The summed E-state index contributed by atoms with van der Waals surface area (Å²) < 4.78 is 38.9. The maximum absolute atomic E-state index is 13.9. The first-order valence-electron chi connectivity index (χ1n) is 8.67. The van der Waals surface area contributed by atoms with Gasteiger partial charge in [0.2, 0.25) is 15.9 Å². The number of carbonyl (C=O) groups excluding carboxylic acids is 1. The van der Waals surface area contributed by atoms with Crippen LogP contribution >= 0.6 is 0 Å². The van der Waals surface area contributed by atoms with E-state index in [0.29, 0.717) is 12.2 Å². The SMILES string of the molecule is CN1C[C@@H](c2ccc(NS(C)(=O)=O)cc2)[C@H](C(=O)Nc2ccccc2F)C1O. The Kier molecular flexibility index (Phi) is 5.69. The molecule has 28 heavy (non-hydrogen) atoms. The number of hydrogen-bond acceptors (Lipinski definition) is 5. The molecule has 0 saturated carbocycles. The fraction of sp³-hybridized carbons (Fsp3) is 0.316. The zero-order valence-corrected chi connectivity index (χ0v) is 16.3. The molecule has 1 fully saturated rings. The number of nitrogens with one attached hydrogen (secondary N) is 2. The topological polar surface area (TPSA) is 98.7 Å². The highest BCUT2D eigenvalue weighted by atomic mass is 32.2. The smallest absolute Gasteiger partial charge is 0.232 e. The molecule has 7 nitrogen and oxygen atoms in total. The van der Waals surface area contributed by atoms with Crippen molar-refractivity contribution in [3.05, 3.63) is 59.9 Å². The molecule has 1 unspecified atom stereocenters. The first-order valence-corrected chi connectivity index (χ1v) is 10.6. The van der Waals surface area contributed by atoms with Gasteiger partial charge < -0.3 is 10.4 Å². The van der Waals surface area contributed by atoms with Gasteiger partial charge in [0.1, 0.15) is 12.0 Å². The third-order valence-corrected chi connectivity index (χ3v) is 5.37. The Labute approximate surface area is 163 Å². The van der Waals surface area contributed by atoms with E-state index in [4.69, 9.17) is 0 Å². The molecular weight excluding hydrogens is 385 g/mol. The van der Waals surface area contributed by atoms with E-state index < -0.39 is 33.9 Å². The summed E-state index contributed by atoms with van der Waals surface area (Å²) in [6, 6.07) is 12.5. The summed E-state index contributed by atoms with van der Waals surface area (Å²) >= 11 is 0. The number of carbonyl (C=O) groups is 1. The normalized spacial score (nSPS) is 22.8. The molecule has 0 aliphatic carbocycles. The predicted octanol–water partition coefficient (Wildman–Crippen LogP) is 1.80. The van der Waals surface area contributed by atoms with E-state index in [1.54, 1.807) is 42.3 Å². The van der Waals surface area contributed by atoms with Gasteiger partial charge in [-0.15, -0.1) is 0 Å². The van der Waals surface area contributed by atoms with Crippen molar-refractivity contribution in [2.45, 2.75) is 12.1 Å². The van der Waals surface area contributed by atoms with E-state index >= 15 is 0 Å². The molecule has 1 aliphatic rings. The molecule has 0 aromatic heterocycles. The lowest BCUT2D eigenvalue weighted by Crippen LogP contribution is -2.36. The minimum Gasteiger partial charge on any atom is -0.378 e. The Morgan fingerprint density at radius 1 is 1.18 bits per heavy atom. The molecule has 3 N–H and O–H groups in total. The molecule has 0 bridgehead atoms. The summed E-state index contributed by atoms with van der Waals surface area (Å²) in [5.41, 5.74) is 1.24. The lowest BCUT2D eigenvalue weighted by Gasteiger charge is -2.22. The average Bonchev–Trinajstić information content (AvgIpc) is 2.91. The lowest BCUT2D eigenvalue weighted by molar-refractivity contribution is -0.124. The maximum atomic E-state index is 13.9. The largest absolute Gasteiger partial charge is 0.378 e. The van der Waals surface area contributed by atoms with Crippen molar-refractivity contribution in [2.24, 2.45) is 5.92 Å². The number of halogens is 1. The van der Waals surface area contributed by atoms with Gasteiger partial charge in [0, 0.05) is 18.2 Å². The Morgan fingerprint density at radius 2 is 1.82 bits per heavy atom. The number of para-hydroxylation sites is 1. The molecule has 0 radical (unpaired) electrons. The average molecular weight is 407 g/mol. The number of rotatable bonds is 5. The van der Waals surface area contributed by atoms with Gasteiger partial charge in [-0.3, -0.25) is 14.4 Å². The van der Waals surface area contributed by atoms with E-state index in [1.165, 1.54) is 18.2 Å². The number of likely N-dealkylation sites (N-methyl/N-ethyl adjacent to an activating group) is 1. The molecule has 1 heterocycles. The van der Waals surface area contributed by atoms with Crippen LogP contribution in [-0.4, -0.2) is 50.4 Å². The van der Waals surface area contributed by atoms with Crippen LogP contribution in [0, 0.1) is 11.7 Å². The maximum Gasteiger partial charge on any atom is 0.232 e. The number of anilines is 2. The van der Waals surface area contributed by atoms with Gasteiger partial charge in [-0.1, -0.05) is 24.3 Å². The van der Waals surface area contributed by atoms with E-state index in [2.05, 4.69) is 10.0 Å². The van der Waals surface area contributed by atoms with Gasteiger partial charge >= 0.3 is 0 Å². The minimum absolute atomic E-state index is 0.0562. The number of benzene rings is 2. The monoisotopic (exact) mass is 407 g/mol. The third kappa shape index (κ3) is 4.49. The minimum atomic E-state index is -3.39. The number of amides is 1. The first kappa shape index (κ1) is 20.2. The van der Waals surface area contributed by atoms with Crippen molar-refractivity contribution in [1.29, 1.82) is 0 Å². The number of aliphatic hydroxyl groups is 1. The number of likely N-dealkylation sites (tertiary alicyclic amines) is 1. The molecule has 1 amide bonds. The zero-order chi connectivity index (χ0) is 20.5. The van der Waals surface area contributed by atoms with Crippen molar-refractivity contribution >= 4 is 27.3 Å². The van der Waals surface area contributed by atoms with Crippen LogP contribution in [0.3, 0.4) is 0 Å². The second-order valence-electron chi connectivity index (χ2n) is 6.95. The standard InChI is InChI=1S/C19H22FN3O4S/c1-23-11-14(12-7-9-13(10-8-12)22-28(2,26)27)17(19(23)25)18(24)21-16-6-4-3-5-15(16)20/h3-10,14,17,19,22,25H,11H2,1-2H3,(H,21,24)/t14-,17+,19?/m0/s1. The van der Waals surface area contributed by atoms with Gasteiger partial charge in [0.25, 0.3) is 0 Å². The van der Waals surface area contributed by atoms with Gasteiger partial charge in [-0.25, -0.2) is 12.8 Å². The van der Waals surface area contributed by atoms with Crippen molar-refractivity contribution in [1.82, 2.24) is 4.90 Å². The van der Waals surface area contributed by atoms with Crippen LogP contribution < -0.4 is 10.0 Å². The third-order valence-electron chi connectivity index (χ3n) is 4.77. The molecule has 2 aromatic rings. The molecule has 1 aliphatic heterocycles. The van der Waals surface area contributed by atoms with Crippen LogP contribution in [0.15, 0.2) is 48.5 Å². The number of nitrogens with zero attached hydrogens (tertiary/aromatic N) is 1. The summed E-state index contributed by atoms with van der Waals surface area (Å²) in [4.78, 5) is 14.5. The lowest BCUT2D eigenvalue weighted by atomic mass is 9.87. The van der Waals surface area contributed by atoms with E-state index in [9.17, 15) is 22.7 Å². The number of hydrogen-bond donors (Lipinski definition) is 3. The Bertz CT molecular complexity index is 965. The molecular formula is C19H22FN3O4S. The van der Waals surface area contributed by atoms with Crippen LogP contribution in [0.1, 0.15) is 11.5 Å². The molecule has 3 rings (SSSR count). The molecule has 2 aromatic carbocycles. The van der Waals surface area contributed by atoms with Crippen molar-refractivity contribution in [3.63, 3.8) is 0 Å². The summed E-state index contributed by atoms with van der Waals surface area (Å²) in [5.74, 6) is -2.17. The van der Waals surface area contributed by atoms with Crippen LogP contribution in [-0.2, 0) is 14.8 Å². The quantitative estimate of drug-likeness (QED) is 0.702. The second-order valence-corrected chi connectivity index (χ2v) is 8.70. The summed E-state index contributed by atoms with van der Waals surface area (Å²) in [6.07, 6.45) is 0.0392. The predicted molar refractivity (Wildman–Crippen MR) is 105 cm³/mol. The Hall–Kier alpha value is -2.49. The molecule has 0 spiro atoms. The van der Waals surface area contributed by atoms with Gasteiger partial charge in [-0.05, 0) is 36.9 Å². The second kappa shape index (κ2) is 7.86. The highest BCUT2D eigenvalue weighted by Gasteiger charge is 2.44. The zero-order valence-electron chi connectivity index (χ0n) is 15.5. The van der Waals surface area contributed by atoms with Crippen LogP contribution in [0.4, 0.5) is 15.8 Å². The number of sulfonamides is 1. The summed E-state index contributed by atoms with van der Waals surface area (Å²) in [6.45, 7) is 0.426. The Morgan fingerprint density at radius 3 is 2.43 bits per heavy atom. The summed E-state index contributed by atoms with van der Waals surface area (Å²) in [5, 5.41) is 13.0. The van der Waals surface area contributed by atoms with Crippen LogP contribution in [0.5, 0.6) is 0 Å². The van der Waals surface area contributed by atoms with E-state index in [0.717, 1.165) is 11.8 Å². The van der Waals surface area contributed by atoms with Gasteiger partial charge in [0.05, 0.1) is 17.9 Å². The molecule has 1 saturated heterocycles. The molecule has 9 heteroatoms. The highest BCUT2D eigenvalue weighted by molar-refractivity contribution is 7.92.